The highest BCUT2D eigenvalue weighted by Crippen LogP contribution is 2.54. The lowest BCUT2D eigenvalue weighted by Crippen LogP contribution is -2.58. The number of methoxy groups -OCH3 is 1. The Labute approximate surface area is 189 Å². The van der Waals surface area contributed by atoms with E-state index in [2.05, 4.69) is 5.32 Å². The summed E-state index contributed by atoms with van der Waals surface area (Å²) in [5.41, 5.74) is -1.49. The molecule has 4 rings (SSSR count). The number of benzene rings is 1. The summed E-state index contributed by atoms with van der Waals surface area (Å²) in [4.78, 5) is 41.6. The molecule has 1 aromatic rings. The van der Waals surface area contributed by atoms with Crippen LogP contribution in [0.25, 0.3) is 0 Å². The number of amides is 2. The predicted octanol–water partition coefficient (Wildman–Crippen LogP) is 3.53. The van der Waals surface area contributed by atoms with Crippen molar-refractivity contribution in [2.75, 3.05) is 7.11 Å². The zero-order chi connectivity index (χ0) is 23.3. The number of nitrogens with one attached hydrogen (secondary N) is 1. The first-order valence-electron chi connectivity index (χ1n) is 11.6. The highest BCUT2D eigenvalue weighted by molar-refractivity contribution is 6.10. The van der Waals surface area contributed by atoms with Crippen LogP contribution in [0.1, 0.15) is 70.9 Å². The maximum absolute atomic E-state index is 13.7. The molecule has 0 radical (unpaired) electrons. The number of carbonyl (C=O) groups excluding carboxylic acids is 2. The van der Waals surface area contributed by atoms with Crippen LogP contribution < -0.4 is 10.1 Å². The van der Waals surface area contributed by atoms with Gasteiger partial charge in [-0.05, 0) is 39.2 Å². The minimum Gasteiger partial charge on any atom is -0.496 e. The van der Waals surface area contributed by atoms with E-state index in [1.807, 2.05) is 39.0 Å². The number of likely N-dealkylation sites (tertiary alicyclic amines) is 1. The first-order chi connectivity index (χ1) is 15.1. The topological polar surface area (TPSA) is 95.9 Å². The third-order valence-electron chi connectivity index (χ3n) is 7.52. The van der Waals surface area contributed by atoms with Gasteiger partial charge in [0.2, 0.25) is 11.8 Å². The Hall–Kier alpha value is -2.41. The van der Waals surface area contributed by atoms with Gasteiger partial charge in [-0.15, -0.1) is 0 Å². The van der Waals surface area contributed by atoms with Gasteiger partial charge in [0, 0.05) is 17.1 Å². The van der Waals surface area contributed by atoms with E-state index in [-0.39, 0.29) is 17.7 Å². The van der Waals surface area contributed by atoms with Crippen LogP contribution >= 0.6 is 0 Å². The van der Waals surface area contributed by atoms with E-state index in [1.54, 1.807) is 13.2 Å². The molecule has 0 aromatic heterocycles. The normalized spacial score (nSPS) is 31.1. The van der Waals surface area contributed by atoms with Gasteiger partial charge in [0.05, 0.1) is 18.9 Å². The number of carboxylic acids is 1. The largest absolute Gasteiger partial charge is 0.496 e. The minimum atomic E-state index is -1.48. The van der Waals surface area contributed by atoms with Crippen molar-refractivity contribution in [3.63, 3.8) is 0 Å². The Kier molecular flexibility index (Phi) is 5.82. The Bertz CT molecular complexity index is 917. The highest BCUT2D eigenvalue weighted by atomic mass is 16.5. The molecule has 2 saturated heterocycles. The molecule has 1 aromatic carbocycles. The summed E-state index contributed by atoms with van der Waals surface area (Å²) in [6, 6.07) is 6.73. The standard InChI is InChI=1S/C25H34N2O5/c1-24(2,3)27-21(28)18-19(22(27)29)25(23(30)31,14-15-10-6-5-7-11-15)26-20(18)16-12-8-9-13-17(16)32-4/h8-9,12-13,15,18-20,26H,5-7,10-11,14H2,1-4H3,(H,30,31). The van der Waals surface area contributed by atoms with E-state index in [4.69, 9.17) is 4.74 Å². The lowest BCUT2D eigenvalue weighted by molar-refractivity contribution is -0.154. The number of carbonyl (C=O) groups is 3. The summed E-state index contributed by atoms with van der Waals surface area (Å²) in [6.07, 6.45) is 5.58. The van der Waals surface area contributed by atoms with Crippen LogP contribution in [0, 0.1) is 17.8 Å². The molecule has 3 aliphatic rings. The number of carboxylic acid groups (broad SMARTS) is 1. The number of imide groups is 1. The van der Waals surface area contributed by atoms with E-state index in [1.165, 1.54) is 4.90 Å². The van der Waals surface area contributed by atoms with Crippen LogP contribution in [0.5, 0.6) is 5.75 Å². The second kappa shape index (κ2) is 8.18. The van der Waals surface area contributed by atoms with Crippen LogP contribution in [-0.4, -0.2) is 46.0 Å². The molecule has 2 N–H and O–H groups in total. The number of aliphatic carboxylic acids is 1. The van der Waals surface area contributed by atoms with Crippen molar-refractivity contribution >= 4 is 17.8 Å². The molecule has 7 heteroatoms. The van der Waals surface area contributed by atoms with Gasteiger partial charge >= 0.3 is 5.97 Å². The molecule has 3 fully saturated rings. The van der Waals surface area contributed by atoms with Gasteiger partial charge in [-0.3, -0.25) is 24.6 Å². The third-order valence-corrected chi connectivity index (χ3v) is 7.52. The van der Waals surface area contributed by atoms with Crippen molar-refractivity contribution in [3.05, 3.63) is 29.8 Å². The number of hydrogen-bond donors (Lipinski definition) is 2. The molecule has 2 amide bonds. The summed E-state index contributed by atoms with van der Waals surface area (Å²) >= 11 is 0. The Balaban J connectivity index is 1.84. The van der Waals surface area contributed by atoms with Gasteiger partial charge in [0.1, 0.15) is 11.3 Å². The van der Waals surface area contributed by atoms with Gasteiger partial charge < -0.3 is 9.84 Å². The lowest BCUT2D eigenvalue weighted by atomic mass is 9.72. The van der Waals surface area contributed by atoms with Crippen molar-refractivity contribution in [2.24, 2.45) is 17.8 Å². The van der Waals surface area contributed by atoms with Gasteiger partial charge in [-0.25, -0.2) is 0 Å². The number of ether oxygens (including phenoxy) is 1. The molecular formula is C25H34N2O5. The molecule has 4 atom stereocenters. The van der Waals surface area contributed by atoms with Crippen molar-refractivity contribution in [3.8, 4) is 5.75 Å². The highest BCUT2D eigenvalue weighted by Gasteiger charge is 2.69. The zero-order valence-corrected chi connectivity index (χ0v) is 19.4. The smallest absolute Gasteiger partial charge is 0.324 e. The van der Waals surface area contributed by atoms with Crippen LogP contribution in [0.3, 0.4) is 0 Å². The second-order valence-corrected chi connectivity index (χ2v) is 10.5. The SMILES string of the molecule is COc1ccccc1C1NC(CC2CCCCC2)(C(=O)O)C2C(=O)N(C(C)(C)C)C(=O)C12. The van der Waals surface area contributed by atoms with Crippen molar-refractivity contribution in [2.45, 2.75) is 76.4 Å². The number of hydrogen-bond acceptors (Lipinski definition) is 5. The first kappa shape index (κ1) is 22.8. The Morgan fingerprint density at radius 3 is 2.41 bits per heavy atom. The van der Waals surface area contributed by atoms with E-state index >= 15 is 0 Å². The molecule has 2 heterocycles. The molecular weight excluding hydrogens is 408 g/mol. The average Bonchev–Trinajstić information content (AvgIpc) is 3.23. The molecule has 174 valence electrons. The number of nitrogens with zero attached hydrogens (tertiary/aromatic N) is 1. The zero-order valence-electron chi connectivity index (χ0n) is 19.4. The van der Waals surface area contributed by atoms with Gasteiger partial charge in [-0.1, -0.05) is 50.3 Å². The minimum absolute atomic E-state index is 0.219. The average molecular weight is 443 g/mol. The molecule has 1 saturated carbocycles. The second-order valence-electron chi connectivity index (χ2n) is 10.5. The fourth-order valence-corrected chi connectivity index (χ4v) is 6.17. The first-order valence-corrected chi connectivity index (χ1v) is 11.6. The molecule has 32 heavy (non-hydrogen) atoms. The molecule has 0 bridgehead atoms. The van der Waals surface area contributed by atoms with Crippen molar-refractivity contribution in [1.82, 2.24) is 10.2 Å². The fraction of sp³-hybridized carbons (Fsp3) is 0.640. The molecule has 1 aliphatic carbocycles. The van der Waals surface area contributed by atoms with Gasteiger partial charge in [-0.2, -0.15) is 0 Å². The molecule has 4 unspecified atom stereocenters. The predicted molar refractivity (Wildman–Crippen MR) is 119 cm³/mol. The van der Waals surface area contributed by atoms with E-state index < -0.39 is 34.9 Å². The lowest BCUT2D eigenvalue weighted by Gasteiger charge is -2.37. The molecule has 7 nitrogen and oxygen atoms in total. The summed E-state index contributed by atoms with van der Waals surface area (Å²) < 4.78 is 5.54. The fourth-order valence-electron chi connectivity index (χ4n) is 6.17. The summed E-state index contributed by atoms with van der Waals surface area (Å²) in [5.74, 6) is -2.65. The Morgan fingerprint density at radius 2 is 1.81 bits per heavy atom. The van der Waals surface area contributed by atoms with Gasteiger partial charge in [0.15, 0.2) is 0 Å². The van der Waals surface area contributed by atoms with Crippen molar-refractivity contribution < 1.29 is 24.2 Å². The van der Waals surface area contributed by atoms with E-state index in [0.717, 1.165) is 32.1 Å². The van der Waals surface area contributed by atoms with E-state index in [0.29, 0.717) is 17.7 Å². The molecule has 0 spiro atoms. The van der Waals surface area contributed by atoms with Crippen LogP contribution in [0.15, 0.2) is 24.3 Å². The number of fused-ring (bicyclic) bond motifs is 1. The monoisotopic (exact) mass is 442 g/mol. The quantitative estimate of drug-likeness (QED) is 0.678. The maximum Gasteiger partial charge on any atom is 0.324 e. The summed E-state index contributed by atoms with van der Waals surface area (Å²) in [5, 5.41) is 13.9. The number of para-hydroxylation sites is 1. The molecule has 2 aliphatic heterocycles. The maximum atomic E-state index is 13.7. The number of rotatable bonds is 5. The van der Waals surface area contributed by atoms with Crippen LogP contribution in [-0.2, 0) is 14.4 Å². The van der Waals surface area contributed by atoms with Crippen LogP contribution in [0.2, 0.25) is 0 Å². The Morgan fingerprint density at radius 1 is 1.16 bits per heavy atom. The van der Waals surface area contributed by atoms with E-state index in [9.17, 15) is 19.5 Å². The van der Waals surface area contributed by atoms with Crippen LogP contribution in [0.4, 0.5) is 0 Å². The van der Waals surface area contributed by atoms with Gasteiger partial charge in [0.25, 0.3) is 0 Å². The summed E-state index contributed by atoms with van der Waals surface area (Å²) in [7, 11) is 1.56. The summed E-state index contributed by atoms with van der Waals surface area (Å²) in [6.45, 7) is 5.46. The third kappa shape index (κ3) is 3.51. The van der Waals surface area contributed by atoms with Crippen molar-refractivity contribution in [1.29, 1.82) is 0 Å².